The minimum atomic E-state index is -0.0514. The Kier molecular flexibility index (Phi) is 6.01. The molecule has 1 fully saturated rings. The smallest absolute Gasteiger partial charge is 0.229 e. The second kappa shape index (κ2) is 8.70. The Morgan fingerprint density at radius 3 is 2.50 bits per heavy atom. The number of amides is 2. The molecule has 0 radical (unpaired) electrons. The van der Waals surface area contributed by atoms with Gasteiger partial charge in [-0.05, 0) is 42.5 Å². The van der Waals surface area contributed by atoms with Crippen LogP contribution in [0, 0.1) is 5.92 Å². The zero-order valence-electron chi connectivity index (χ0n) is 16.7. The molecule has 1 heterocycles. The number of carbonyl (C=O) groups excluding carboxylic acids is 2. The predicted octanol–water partition coefficient (Wildman–Crippen LogP) is 5.51. The maximum Gasteiger partial charge on any atom is 0.229 e. The molecule has 5 nitrogen and oxygen atoms in total. The molecular weight excluding hydrogens is 462 g/mol. The molecule has 2 aromatic carbocycles. The number of carbonyl (C=O) groups is 2. The van der Waals surface area contributed by atoms with Gasteiger partial charge in [-0.2, -0.15) is 0 Å². The number of hydrogen-bond donors (Lipinski definition) is 2. The maximum absolute atomic E-state index is 12.6. The second-order valence-corrected chi connectivity index (χ2v) is 9.35. The average Bonchev–Trinajstić information content (AvgIpc) is 3.39. The largest absolute Gasteiger partial charge is 0.350 e. The SMILES string of the molecule is CC(=O)NC(C)c1ccc(-c2csc(NC(=O)C3CC3c3ccc(Br)cc3)n2)cc1. The van der Waals surface area contributed by atoms with Gasteiger partial charge in [0.15, 0.2) is 5.13 Å². The lowest BCUT2D eigenvalue weighted by Crippen LogP contribution is -2.23. The monoisotopic (exact) mass is 483 g/mol. The van der Waals surface area contributed by atoms with Gasteiger partial charge in [-0.25, -0.2) is 4.98 Å². The summed E-state index contributed by atoms with van der Waals surface area (Å²) in [7, 11) is 0. The molecule has 3 unspecified atom stereocenters. The van der Waals surface area contributed by atoms with Crippen LogP contribution in [-0.4, -0.2) is 16.8 Å². The van der Waals surface area contributed by atoms with Crippen LogP contribution in [0.3, 0.4) is 0 Å². The molecule has 30 heavy (non-hydrogen) atoms. The van der Waals surface area contributed by atoms with E-state index in [0.29, 0.717) is 5.13 Å². The predicted molar refractivity (Wildman–Crippen MR) is 123 cm³/mol. The van der Waals surface area contributed by atoms with Gasteiger partial charge in [0.05, 0.1) is 11.7 Å². The van der Waals surface area contributed by atoms with Gasteiger partial charge in [-0.15, -0.1) is 11.3 Å². The first-order valence-corrected chi connectivity index (χ1v) is 11.5. The number of hydrogen-bond acceptors (Lipinski definition) is 4. The van der Waals surface area contributed by atoms with Crippen LogP contribution in [0.2, 0.25) is 0 Å². The topological polar surface area (TPSA) is 71.1 Å². The molecule has 0 spiro atoms. The summed E-state index contributed by atoms with van der Waals surface area (Å²) >= 11 is 4.87. The van der Waals surface area contributed by atoms with Crippen molar-refractivity contribution in [3.05, 3.63) is 69.5 Å². The third-order valence-corrected chi connectivity index (χ3v) is 6.57. The van der Waals surface area contributed by atoms with Crippen molar-refractivity contribution in [2.75, 3.05) is 5.32 Å². The van der Waals surface area contributed by atoms with E-state index in [9.17, 15) is 9.59 Å². The van der Waals surface area contributed by atoms with Gasteiger partial charge in [0.2, 0.25) is 11.8 Å². The molecule has 0 bridgehead atoms. The molecule has 1 aliphatic rings. The van der Waals surface area contributed by atoms with E-state index in [4.69, 9.17) is 0 Å². The van der Waals surface area contributed by atoms with E-state index in [-0.39, 0.29) is 29.7 Å². The molecule has 2 N–H and O–H groups in total. The van der Waals surface area contributed by atoms with Crippen LogP contribution in [0.5, 0.6) is 0 Å². The van der Waals surface area contributed by atoms with E-state index in [1.165, 1.54) is 23.8 Å². The Bertz CT molecular complexity index is 1060. The van der Waals surface area contributed by atoms with Crippen molar-refractivity contribution in [3.63, 3.8) is 0 Å². The van der Waals surface area contributed by atoms with E-state index >= 15 is 0 Å². The van der Waals surface area contributed by atoms with Crippen molar-refractivity contribution >= 4 is 44.2 Å². The van der Waals surface area contributed by atoms with Gasteiger partial charge in [0.25, 0.3) is 0 Å². The lowest BCUT2D eigenvalue weighted by molar-refractivity contribution is -0.119. The molecule has 154 valence electrons. The molecule has 2 amide bonds. The molecule has 1 aliphatic carbocycles. The summed E-state index contributed by atoms with van der Waals surface area (Å²) in [6.07, 6.45) is 0.875. The highest BCUT2D eigenvalue weighted by Gasteiger charge is 2.44. The third-order valence-electron chi connectivity index (χ3n) is 5.29. The number of nitrogens with one attached hydrogen (secondary N) is 2. The molecule has 3 aromatic rings. The van der Waals surface area contributed by atoms with E-state index in [0.717, 1.165) is 27.7 Å². The van der Waals surface area contributed by atoms with Crippen molar-refractivity contribution in [3.8, 4) is 11.3 Å². The Balaban J connectivity index is 1.37. The Morgan fingerprint density at radius 1 is 1.13 bits per heavy atom. The van der Waals surface area contributed by atoms with Crippen molar-refractivity contribution in [1.82, 2.24) is 10.3 Å². The Morgan fingerprint density at radius 2 is 1.83 bits per heavy atom. The summed E-state index contributed by atoms with van der Waals surface area (Å²) in [5, 5.41) is 8.41. The summed E-state index contributed by atoms with van der Waals surface area (Å²) in [4.78, 5) is 28.4. The zero-order chi connectivity index (χ0) is 21.3. The number of aromatic nitrogens is 1. The number of halogens is 1. The van der Waals surface area contributed by atoms with E-state index in [1.54, 1.807) is 0 Å². The summed E-state index contributed by atoms with van der Waals surface area (Å²) < 4.78 is 1.04. The molecule has 3 atom stereocenters. The number of thiazole rings is 1. The van der Waals surface area contributed by atoms with Crippen LogP contribution in [-0.2, 0) is 9.59 Å². The summed E-state index contributed by atoms with van der Waals surface area (Å²) in [6, 6.07) is 16.1. The zero-order valence-corrected chi connectivity index (χ0v) is 19.1. The highest BCUT2D eigenvalue weighted by molar-refractivity contribution is 9.10. The van der Waals surface area contributed by atoms with E-state index in [2.05, 4.69) is 43.7 Å². The van der Waals surface area contributed by atoms with E-state index in [1.807, 2.05) is 48.7 Å². The van der Waals surface area contributed by atoms with Gasteiger partial charge in [0.1, 0.15) is 0 Å². The average molecular weight is 484 g/mol. The maximum atomic E-state index is 12.6. The van der Waals surface area contributed by atoms with Crippen LogP contribution in [0.1, 0.15) is 43.4 Å². The van der Waals surface area contributed by atoms with Crippen LogP contribution >= 0.6 is 27.3 Å². The first-order chi connectivity index (χ1) is 14.4. The highest BCUT2D eigenvalue weighted by atomic mass is 79.9. The van der Waals surface area contributed by atoms with Gasteiger partial charge >= 0.3 is 0 Å². The van der Waals surface area contributed by atoms with Gasteiger partial charge < -0.3 is 10.6 Å². The van der Waals surface area contributed by atoms with Gasteiger partial charge in [0, 0.05) is 28.3 Å². The summed E-state index contributed by atoms with van der Waals surface area (Å²) in [6.45, 7) is 3.46. The molecule has 4 rings (SSSR count). The summed E-state index contributed by atoms with van der Waals surface area (Å²) in [5.41, 5.74) is 4.04. The first-order valence-electron chi connectivity index (χ1n) is 9.80. The fourth-order valence-corrected chi connectivity index (χ4v) is 4.54. The molecule has 1 aromatic heterocycles. The van der Waals surface area contributed by atoms with Gasteiger partial charge in [-0.3, -0.25) is 9.59 Å². The first kappa shape index (κ1) is 20.8. The van der Waals surface area contributed by atoms with Crippen molar-refractivity contribution < 1.29 is 9.59 Å². The standard InChI is InChI=1S/C23H22BrN3O2S/c1-13(25-14(2)28)15-3-5-17(6-4-15)21-12-30-23(26-21)27-22(29)20-11-19(20)16-7-9-18(24)10-8-16/h3-10,12-13,19-20H,11H2,1-2H3,(H,25,28)(H,26,27,29). The van der Waals surface area contributed by atoms with Crippen LogP contribution in [0.4, 0.5) is 5.13 Å². The molecule has 7 heteroatoms. The minimum Gasteiger partial charge on any atom is -0.350 e. The lowest BCUT2D eigenvalue weighted by atomic mass is 10.1. The second-order valence-electron chi connectivity index (χ2n) is 7.57. The Hall–Kier alpha value is -2.51. The van der Waals surface area contributed by atoms with Crippen molar-refractivity contribution in [2.45, 2.75) is 32.2 Å². The summed E-state index contributed by atoms with van der Waals surface area (Å²) in [5.74, 6) is 0.275. The van der Waals surface area contributed by atoms with Crippen LogP contribution in [0.25, 0.3) is 11.3 Å². The Labute approximate surface area is 188 Å². The van der Waals surface area contributed by atoms with Crippen molar-refractivity contribution in [2.24, 2.45) is 5.92 Å². The normalized spacial score (nSPS) is 18.5. The van der Waals surface area contributed by atoms with Crippen LogP contribution in [0.15, 0.2) is 58.4 Å². The number of rotatable bonds is 6. The fraction of sp³-hybridized carbons (Fsp3) is 0.261. The number of benzene rings is 2. The molecule has 1 saturated carbocycles. The molecule has 0 aliphatic heterocycles. The quantitative estimate of drug-likeness (QED) is 0.485. The fourth-order valence-electron chi connectivity index (χ4n) is 3.56. The highest BCUT2D eigenvalue weighted by Crippen LogP contribution is 2.48. The number of nitrogens with zero attached hydrogens (tertiary/aromatic N) is 1. The van der Waals surface area contributed by atoms with Crippen molar-refractivity contribution in [1.29, 1.82) is 0 Å². The van der Waals surface area contributed by atoms with Crippen LogP contribution < -0.4 is 10.6 Å². The number of anilines is 1. The minimum absolute atomic E-state index is 0.00747. The molecule has 0 saturated heterocycles. The van der Waals surface area contributed by atoms with E-state index < -0.39 is 0 Å². The van der Waals surface area contributed by atoms with Gasteiger partial charge in [-0.1, -0.05) is 52.3 Å². The third kappa shape index (κ3) is 4.79. The molecular formula is C23H22BrN3O2S. The lowest BCUT2D eigenvalue weighted by Gasteiger charge is -2.13.